The maximum atomic E-state index is 12.5. The van der Waals surface area contributed by atoms with Gasteiger partial charge in [0.1, 0.15) is 5.60 Å². The van der Waals surface area contributed by atoms with Gasteiger partial charge in [0.25, 0.3) is 0 Å². The Bertz CT molecular complexity index is 1300. The number of amides is 1. The van der Waals surface area contributed by atoms with Crippen LogP contribution >= 0.6 is 0 Å². The van der Waals surface area contributed by atoms with Gasteiger partial charge in [0.05, 0.1) is 5.69 Å². The second-order valence-corrected chi connectivity index (χ2v) is 12.8. The number of hydrogen-bond donors (Lipinski definition) is 3. The molecule has 1 aromatic carbocycles. The molecule has 0 radical (unpaired) electrons. The Morgan fingerprint density at radius 3 is 2.45 bits per heavy atom. The molecule has 0 unspecified atom stereocenters. The number of likely N-dealkylation sites (tertiary alicyclic amines) is 1. The molecule has 202 valence electrons. The lowest BCUT2D eigenvalue weighted by atomic mass is 9.62. The number of aliphatic hydroxyl groups is 1. The van der Waals surface area contributed by atoms with Gasteiger partial charge in [-0.25, -0.2) is 0 Å². The van der Waals surface area contributed by atoms with Crippen molar-refractivity contribution in [2.24, 2.45) is 11.3 Å². The van der Waals surface area contributed by atoms with E-state index in [4.69, 9.17) is 0 Å². The van der Waals surface area contributed by atoms with Crippen LogP contribution in [0.5, 0.6) is 0 Å². The molecule has 3 heterocycles. The van der Waals surface area contributed by atoms with Gasteiger partial charge in [0.15, 0.2) is 0 Å². The zero-order valence-electron chi connectivity index (χ0n) is 23.5. The van der Waals surface area contributed by atoms with Gasteiger partial charge < -0.3 is 15.3 Å². The Balaban J connectivity index is 1.44. The van der Waals surface area contributed by atoms with Gasteiger partial charge >= 0.3 is 0 Å². The predicted octanol–water partition coefficient (Wildman–Crippen LogP) is 4.63. The SMILES string of the molecule is CC(C)c1ccc([C@](O)(c2cncc(-c3cc(CC(C)(C)NC(=O)C4CC4)[nH]n3)c2)C2(C)CN(C)C2)cc1. The number of aromatic amines is 1. The van der Waals surface area contributed by atoms with Gasteiger partial charge in [-0.2, -0.15) is 5.10 Å². The van der Waals surface area contributed by atoms with Gasteiger partial charge in [-0.05, 0) is 62.9 Å². The summed E-state index contributed by atoms with van der Waals surface area (Å²) in [6, 6.07) is 12.4. The molecule has 1 amide bonds. The largest absolute Gasteiger partial charge is 0.380 e. The second-order valence-electron chi connectivity index (χ2n) is 12.8. The van der Waals surface area contributed by atoms with Crippen molar-refractivity contribution in [3.63, 3.8) is 0 Å². The van der Waals surface area contributed by atoms with Crippen LogP contribution in [0.3, 0.4) is 0 Å². The zero-order valence-corrected chi connectivity index (χ0v) is 23.5. The van der Waals surface area contributed by atoms with Crippen molar-refractivity contribution in [2.45, 2.75) is 70.9 Å². The zero-order chi connectivity index (χ0) is 27.3. The van der Waals surface area contributed by atoms with E-state index in [-0.39, 0.29) is 22.8 Å². The minimum atomic E-state index is -1.20. The third kappa shape index (κ3) is 5.02. The van der Waals surface area contributed by atoms with E-state index in [1.54, 1.807) is 12.4 Å². The van der Waals surface area contributed by atoms with Crippen molar-refractivity contribution in [1.82, 2.24) is 25.4 Å². The Morgan fingerprint density at radius 2 is 1.84 bits per heavy atom. The van der Waals surface area contributed by atoms with E-state index in [2.05, 4.69) is 77.5 Å². The molecule has 7 heteroatoms. The first-order chi connectivity index (χ1) is 17.9. The van der Waals surface area contributed by atoms with Crippen LogP contribution in [0, 0.1) is 11.3 Å². The highest BCUT2D eigenvalue weighted by Crippen LogP contribution is 2.50. The molecule has 3 N–H and O–H groups in total. The first kappa shape index (κ1) is 26.6. The number of hydrogen-bond acceptors (Lipinski definition) is 5. The standard InChI is InChI=1S/C31H41N5O2/c1-20(2)21-9-11-24(12-10-21)31(38,30(5)18-36(6)19-30)25-13-23(16-32-17-25)27-14-26(34-35-27)15-29(3,4)33-28(37)22-7-8-22/h9-14,16-17,20,22,38H,7-8,15,18-19H2,1-6H3,(H,33,37)(H,34,35)/t31-/m0/s1. The van der Waals surface area contributed by atoms with E-state index in [0.717, 1.165) is 54.0 Å². The highest BCUT2D eigenvalue weighted by Gasteiger charge is 2.55. The number of rotatable bonds is 9. The van der Waals surface area contributed by atoms with Crippen molar-refractivity contribution in [2.75, 3.05) is 20.1 Å². The molecule has 3 aromatic rings. The van der Waals surface area contributed by atoms with Gasteiger partial charge in [0.2, 0.25) is 5.91 Å². The van der Waals surface area contributed by atoms with Crippen LogP contribution in [0.2, 0.25) is 0 Å². The number of carbonyl (C=O) groups excluding carboxylic acids is 1. The number of aromatic nitrogens is 3. The summed E-state index contributed by atoms with van der Waals surface area (Å²) in [6.45, 7) is 12.2. The summed E-state index contributed by atoms with van der Waals surface area (Å²) in [4.78, 5) is 19.1. The van der Waals surface area contributed by atoms with E-state index in [1.807, 2.05) is 26.0 Å². The van der Waals surface area contributed by atoms with Gasteiger partial charge in [0, 0.05) is 65.6 Å². The second kappa shape index (κ2) is 9.62. The number of H-pyrrole nitrogens is 1. The molecular weight excluding hydrogens is 474 g/mol. The average molecular weight is 516 g/mol. The van der Waals surface area contributed by atoms with Crippen LogP contribution in [0.4, 0.5) is 0 Å². The fourth-order valence-electron chi connectivity index (χ4n) is 6.03. The molecule has 1 aliphatic heterocycles. The van der Waals surface area contributed by atoms with Gasteiger partial charge in [-0.3, -0.25) is 14.9 Å². The highest BCUT2D eigenvalue weighted by molar-refractivity contribution is 5.81. The monoisotopic (exact) mass is 515 g/mol. The third-order valence-electron chi connectivity index (χ3n) is 8.23. The molecule has 0 spiro atoms. The molecular formula is C31H41N5O2. The summed E-state index contributed by atoms with van der Waals surface area (Å²) in [5.41, 5.74) is 3.52. The van der Waals surface area contributed by atoms with E-state index in [9.17, 15) is 9.90 Å². The first-order valence-electron chi connectivity index (χ1n) is 13.7. The predicted molar refractivity (Wildman–Crippen MR) is 150 cm³/mol. The molecule has 1 atom stereocenters. The Labute approximate surface area is 226 Å². The van der Waals surface area contributed by atoms with Crippen LogP contribution in [-0.4, -0.2) is 56.8 Å². The molecule has 38 heavy (non-hydrogen) atoms. The van der Waals surface area contributed by atoms with E-state index in [1.165, 1.54) is 5.56 Å². The molecule has 2 aromatic heterocycles. The minimum Gasteiger partial charge on any atom is -0.380 e. The average Bonchev–Trinajstić information content (AvgIpc) is 3.62. The molecule has 2 aliphatic rings. The quantitative estimate of drug-likeness (QED) is 0.386. The Hall–Kier alpha value is -3.03. The van der Waals surface area contributed by atoms with Crippen LogP contribution in [0.25, 0.3) is 11.3 Å². The Kier molecular flexibility index (Phi) is 6.72. The molecule has 2 fully saturated rings. The van der Waals surface area contributed by atoms with Crippen molar-refractivity contribution in [3.05, 3.63) is 71.2 Å². The third-order valence-corrected chi connectivity index (χ3v) is 8.23. The summed E-state index contributed by atoms with van der Waals surface area (Å²) < 4.78 is 0. The number of benzene rings is 1. The summed E-state index contributed by atoms with van der Waals surface area (Å²) in [5.74, 6) is 0.744. The lowest BCUT2D eigenvalue weighted by Gasteiger charge is -2.55. The molecule has 0 bridgehead atoms. The molecule has 1 aliphatic carbocycles. The van der Waals surface area contributed by atoms with Crippen molar-refractivity contribution < 1.29 is 9.90 Å². The number of pyridine rings is 1. The number of nitrogens with one attached hydrogen (secondary N) is 2. The summed E-state index contributed by atoms with van der Waals surface area (Å²) in [5, 5.41) is 23.4. The number of nitrogens with zero attached hydrogens (tertiary/aromatic N) is 3. The van der Waals surface area contributed by atoms with Crippen LogP contribution < -0.4 is 5.32 Å². The fraction of sp³-hybridized carbons (Fsp3) is 0.516. The van der Waals surface area contributed by atoms with Crippen LogP contribution in [0.15, 0.2) is 48.8 Å². The fourth-order valence-corrected chi connectivity index (χ4v) is 6.03. The molecule has 1 saturated carbocycles. The number of carbonyl (C=O) groups is 1. The van der Waals surface area contributed by atoms with Gasteiger partial charge in [-0.1, -0.05) is 45.0 Å². The minimum absolute atomic E-state index is 0.141. The molecule has 5 rings (SSSR count). The van der Waals surface area contributed by atoms with Crippen molar-refractivity contribution >= 4 is 5.91 Å². The lowest BCUT2D eigenvalue weighted by Crippen LogP contribution is -2.63. The van der Waals surface area contributed by atoms with E-state index >= 15 is 0 Å². The van der Waals surface area contributed by atoms with Gasteiger partial charge in [-0.15, -0.1) is 0 Å². The highest BCUT2D eigenvalue weighted by atomic mass is 16.3. The Morgan fingerprint density at radius 1 is 1.16 bits per heavy atom. The summed E-state index contributed by atoms with van der Waals surface area (Å²) >= 11 is 0. The summed E-state index contributed by atoms with van der Waals surface area (Å²) in [6.07, 6.45) is 6.20. The van der Waals surface area contributed by atoms with Crippen LogP contribution in [-0.2, 0) is 16.8 Å². The maximum Gasteiger partial charge on any atom is 0.223 e. The summed E-state index contributed by atoms with van der Waals surface area (Å²) in [7, 11) is 2.08. The molecule has 7 nitrogen and oxygen atoms in total. The smallest absolute Gasteiger partial charge is 0.223 e. The molecule has 1 saturated heterocycles. The van der Waals surface area contributed by atoms with Crippen molar-refractivity contribution in [1.29, 1.82) is 0 Å². The van der Waals surface area contributed by atoms with Crippen molar-refractivity contribution in [3.8, 4) is 11.3 Å². The normalized spacial score (nSPS) is 19.2. The topological polar surface area (TPSA) is 94.1 Å². The first-order valence-corrected chi connectivity index (χ1v) is 13.7. The van der Waals surface area contributed by atoms with E-state index in [0.29, 0.717) is 12.3 Å². The maximum absolute atomic E-state index is 12.5. The lowest BCUT2D eigenvalue weighted by molar-refractivity contribution is -0.127. The van der Waals surface area contributed by atoms with E-state index < -0.39 is 5.60 Å². The van der Waals surface area contributed by atoms with Crippen LogP contribution in [0.1, 0.15) is 75.8 Å².